The summed E-state index contributed by atoms with van der Waals surface area (Å²) in [6.07, 6.45) is 0. The van der Waals surface area contributed by atoms with Gasteiger partial charge >= 0.3 is 0 Å². The second-order valence-corrected chi connectivity index (χ2v) is 5.55. The summed E-state index contributed by atoms with van der Waals surface area (Å²) in [6.45, 7) is 0. The van der Waals surface area contributed by atoms with Gasteiger partial charge < -0.3 is 9.88 Å². The number of halogens is 1. The summed E-state index contributed by atoms with van der Waals surface area (Å²) in [5.41, 5.74) is 4.51. The molecular weight excluding hydrogens is 282 g/mol. The Balaban J connectivity index is 2.23. The summed E-state index contributed by atoms with van der Waals surface area (Å²) in [6, 6.07) is 16.0. The fourth-order valence-electron chi connectivity index (χ4n) is 2.47. The predicted molar refractivity (Wildman–Crippen MR) is 87.8 cm³/mol. The number of hydrogen-bond donors (Lipinski definition) is 1. The second kappa shape index (κ2) is 5.16. The van der Waals surface area contributed by atoms with E-state index in [1.807, 2.05) is 61.5 Å². The van der Waals surface area contributed by atoms with E-state index in [2.05, 4.69) is 11.1 Å². The quantitative estimate of drug-likeness (QED) is 0.760. The van der Waals surface area contributed by atoms with E-state index >= 15 is 0 Å². The van der Waals surface area contributed by atoms with E-state index in [9.17, 15) is 5.26 Å². The Hall–Kier alpha value is -2.44. The minimum Gasteiger partial charge on any atom is -0.378 e. The van der Waals surface area contributed by atoms with Gasteiger partial charge in [-0.25, -0.2) is 0 Å². The molecule has 0 bridgehead atoms. The SMILES string of the molecule is CN(C)c1ccc(-c2c(C#N)[nH]c3ccc(Cl)cc23)cc1. The number of aromatic amines is 1. The topological polar surface area (TPSA) is 42.8 Å². The number of fused-ring (bicyclic) bond motifs is 1. The number of aromatic nitrogens is 1. The maximum atomic E-state index is 9.37. The van der Waals surface area contributed by atoms with Gasteiger partial charge in [-0.15, -0.1) is 0 Å². The molecule has 0 atom stereocenters. The van der Waals surface area contributed by atoms with Crippen molar-refractivity contribution in [1.82, 2.24) is 4.98 Å². The molecule has 0 unspecified atom stereocenters. The number of anilines is 1. The molecule has 1 N–H and O–H groups in total. The van der Waals surface area contributed by atoms with Gasteiger partial charge in [-0.1, -0.05) is 23.7 Å². The third kappa shape index (κ3) is 2.35. The lowest BCUT2D eigenvalue weighted by Crippen LogP contribution is -2.07. The van der Waals surface area contributed by atoms with Gasteiger partial charge in [-0.3, -0.25) is 0 Å². The van der Waals surface area contributed by atoms with E-state index in [0.717, 1.165) is 27.7 Å². The first kappa shape index (κ1) is 13.5. The van der Waals surface area contributed by atoms with Crippen molar-refractivity contribution in [1.29, 1.82) is 5.26 Å². The standard InChI is InChI=1S/C17H14ClN3/c1-21(2)13-6-3-11(4-7-13)17-14-9-12(18)5-8-15(14)20-16(17)10-19/h3-9,20H,1-2H3. The first-order valence-corrected chi connectivity index (χ1v) is 6.97. The van der Waals surface area contributed by atoms with Crippen molar-refractivity contribution in [2.45, 2.75) is 0 Å². The highest BCUT2D eigenvalue weighted by molar-refractivity contribution is 6.31. The highest BCUT2D eigenvalue weighted by Gasteiger charge is 2.13. The van der Waals surface area contributed by atoms with Crippen LogP contribution in [0.25, 0.3) is 22.0 Å². The molecule has 1 heterocycles. The van der Waals surface area contributed by atoms with Crippen LogP contribution in [0.1, 0.15) is 5.69 Å². The average molecular weight is 296 g/mol. The molecule has 0 spiro atoms. The largest absolute Gasteiger partial charge is 0.378 e. The van der Waals surface area contributed by atoms with Crippen molar-refractivity contribution in [3.8, 4) is 17.2 Å². The summed E-state index contributed by atoms with van der Waals surface area (Å²) in [5, 5.41) is 11.0. The average Bonchev–Trinajstić information content (AvgIpc) is 2.85. The van der Waals surface area contributed by atoms with E-state index in [1.165, 1.54) is 0 Å². The summed E-state index contributed by atoms with van der Waals surface area (Å²) in [5.74, 6) is 0. The molecule has 0 fully saturated rings. The smallest absolute Gasteiger partial charge is 0.126 e. The lowest BCUT2D eigenvalue weighted by molar-refractivity contribution is 1.13. The molecule has 3 rings (SSSR count). The van der Waals surface area contributed by atoms with Gasteiger partial charge in [0.05, 0.1) is 0 Å². The second-order valence-electron chi connectivity index (χ2n) is 5.12. The molecule has 1 aromatic heterocycles. The molecule has 2 aromatic carbocycles. The van der Waals surface area contributed by atoms with E-state index in [0.29, 0.717) is 10.7 Å². The number of nitrogens with zero attached hydrogens (tertiary/aromatic N) is 2. The Kier molecular flexibility index (Phi) is 3.32. The normalized spacial score (nSPS) is 10.6. The Morgan fingerprint density at radius 1 is 1.10 bits per heavy atom. The minimum atomic E-state index is 0.560. The van der Waals surface area contributed by atoms with Gasteiger partial charge in [0.25, 0.3) is 0 Å². The number of hydrogen-bond acceptors (Lipinski definition) is 2. The van der Waals surface area contributed by atoms with Crippen LogP contribution in [-0.2, 0) is 0 Å². The van der Waals surface area contributed by atoms with Crippen LogP contribution >= 0.6 is 11.6 Å². The lowest BCUT2D eigenvalue weighted by atomic mass is 10.0. The zero-order valence-electron chi connectivity index (χ0n) is 11.8. The van der Waals surface area contributed by atoms with Gasteiger partial charge in [0.15, 0.2) is 0 Å². The molecule has 4 heteroatoms. The molecule has 21 heavy (non-hydrogen) atoms. The van der Waals surface area contributed by atoms with E-state index in [-0.39, 0.29) is 0 Å². The molecule has 0 aliphatic heterocycles. The number of nitrogens with one attached hydrogen (secondary N) is 1. The van der Waals surface area contributed by atoms with Crippen molar-refractivity contribution in [3.05, 3.63) is 53.2 Å². The van der Waals surface area contributed by atoms with Crippen LogP contribution in [0.5, 0.6) is 0 Å². The summed E-state index contributed by atoms with van der Waals surface area (Å²) < 4.78 is 0. The van der Waals surface area contributed by atoms with Gasteiger partial charge in [0.2, 0.25) is 0 Å². The van der Waals surface area contributed by atoms with Crippen LogP contribution in [0.2, 0.25) is 5.02 Å². The molecule has 0 aliphatic rings. The van der Waals surface area contributed by atoms with Crippen molar-refractivity contribution < 1.29 is 0 Å². The number of benzene rings is 2. The van der Waals surface area contributed by atoms with Crippen LogP contribution in [-0.4, -0.2) is 19.1 Å². The first-order valence-electron chi connectivity index (χ1n) is 6.59. The third-order valence-corrected chi connectivity index (χ3v) is 3.78. The Labute approximate surface area is 128 Å². The molecule has 0 amide bonds. The van der Waals surface area contributed by atoms with Crippen LogP contribution in [0.4, 0.5) is 5.69 Å². The number of rotatable bonds is 2. The Morgan fingerprint density at radius 2 is 1.81 bits per heavy atom. The highest BCUT2D eigenvalue weighted by atomic mass is 35.5. The Bertz CT molecular complexity index is 839. The van der Waals surface area contributed by atoms with E-state index < -0.39 is 0 Å². The van der Waals surface area contributed by atoms with Crippen LogP contribution < -0.4 is 4.90 Å². The van der Waals surface area contributed by atoms with Crippen LogP contribution in [0.3, 0.4) is 0 Å². The Morgan fingerprint density at radius 3 is 2.43 bits per heavy atom. The maximum Gasteiger partial charge on any atom is 0.126 e. The summed E-state index contributed by atoms with van der Waals surface area (Å²) >= 11 is 6.09. The van der Waals surface area contributed by atoms with Crippen molar-refractivity contribution in [2.24, 2.45) is 0 Å². The molecule has 0 radical (unpaired) electrons. The highest BCUT2D eigenvalue weighted by Crippen LogP contribution is 2.34. The van der Waals surface area contributed by atoms with Gasteiger partial charge in [-0.05, 0) is 35.9 Å². The van der Waals surface area contributed by atoms with Crippen molar-refractivity contribution in [2.75, 3.05) is 19.0 Å². The summed E-state index contributed by atoms with van der Waals surface area (Å²) in [4.78, 5) is 5.19. The fraction of sp³-hybridized carbons (Fsp3) is 0.118. The third-order valence-electron chi connectivity index (χ3n) is 3.54. The monoisotopic (exact) mass is 295 g/mol. The van der Waals surface area contributed by atoms with Crippen molar-refractivity contribution in [3.63, 3.8) is 0 Å². The van der Waals surface area contributed by atoms with E-state index in [1.54, 1.807) is 0 Å². The summed E-state index contributed by atoms with van der Waals surface area (Å²) in [7, 11) is 4.00. The van der Waals surface area contributed by atoms with Gasteiger partial charge in [-0.2, -0.15) is 5.26 Å². The zero-order chi connectivity index (χ0) is 15.0. The fourth-order valence-corrected chi connectivity index (χ4v) is 2.65. The van der Waals surface area contributed by atoms with E-state index in [4.69, 9.17) is 11.6 Å². The molecule has 3 nitrogen and oxygen atoms in total. The van der Waals surface area contributed by atoms with Gasteiger partial charge in [0, 0.05) is 41.3 Å². The van der Waals surface area contributed by atoms with Crippen LogP contribution in [0, 0.1) is 11.3 Å². The first-order chi connectivity index (χ1) is 10.1. The predicted octanol–water partition coefficient (Wildman–Crippen LogP) is 4.43. The number of H-pyrrole nitrogens is 1. The zero-order valence-corrected chi connectivity index (χ0v) is 12.6. The number of nitriles is 1. The molecule has 104 valence electrons. The lowest BCUT2D eigenvalue weighted by Gasteiger charge is -2.12. The molecule has 3 aromatic rings. The van der Waals surface area contributed by atoms with Crippen LogP contribution in [0.15, 0.2) is 42.5 Å². The van der Waals surface area contributed by atoms with Crippen molar-refractivity contribution >= 4 is 28.2 Å². The maximum absolute atomic E-state index is 9.37. The minimum absolute atomic E-state index is 0.560. The molecular formula is C17H14ClN3. The molecule has 0 saturated carbocycles. The van der Waals surface area contributed by atoms with Gasteiger partial charge in [0.1, 0.15) is 11.8 Å². The molecule has 0 aliphatic carbocycles. The molecule has 0 saturated heterocycles.